The summed E-state index contributed by atoms with van der Waals surface area (Å²) in [7, 11) is 0. The van der Waals surface area contributed by atoms with E-state index in [1.807, 2.05) is 24.3 Å². The highest BCUT2D eigenvalue weighted by Gasteiger charge is 2.41. The SMILES string of the molecule is CC1C(=O)N(Cc2cccc(C#CCN)c2)C(=O)C1C. The fraction of sp³-hybridized carbons (Fsp3) is 0.375. The molecule has 1 saturated heterocycles. The summed E-state index contributed by atoms with van der Waals surface area (Å²) in [5, 5.41) is 0. The fourth-order valence-electron chi connectivity index (χ4n) is 2.27. The predicted molar refractivity (Wildman–Crippen MR) is 76.3 cm³/mol. The average molecular weight is 270 g/mol. The van der Waals surface area contributed by atoms with Gasteiger partial charge in [-0.2, -0.15) is 0 Å². The third-order valence-electron chi connectivity index (χ3n) is 3.66. The average Bonchev–Trinajstić information content (AvgIpc) is 2.63. The van der Waals surface area contributed by atoms with Gasteiger partial charge in [-0.3, -0.25) is 14.5 Å². The van der Waals surface area contributed by atoms with E-state index in [9.17, 15) is 9.59 Å². The number of nitrogens with zero attached hydrogens (tertiary/aromatic N) is 1. The third kappa shape index (κ3) is 2.73. The summed E-state index contributed by atoms with van der Waals surface area (Å²) in [6.45, 7) is 4.22. The van der Waals surface area contributed by atoms with E-state index in [0.29, 0.717) is 13.1 Å². The highest BCUT2D eigenvalue weighted by molar-refractivity contribution is 6.04. The van der Waals surface area contributed by atoms with Gasteiger partial charge in [-0.15, -0.1) is 0 Å². The van der Waals surface area contributed by atoms with E-state index in [0.717, 1.165) is 11.1 Å². The van der Waals surface area contributed by atoms with E-state index in [2.05, 4.69) is 11.8 Å². The van der Waals surface area contributed by atoms with Gasteiger partial charge in [0.2, 0.25) is 11.8 Å². The molecule has 0 radical (unpaired) electrons. The number of benzene rings is 1. The highest BCUT2D eigenvalue weighted by Crippen LogP contribution is 2.26. The molecular weight excluding hydrogens is 252 g/mol. The molecule has 0 saturated carbocycles. The van der Waals surface area contributed by atoms with Crippen LogP contribution < -0.4 is 5.73 Å². The fourth-order valence-corrected chi connectivity index (χ4v) is 2.27. The predicted octanol–water partition coefficient (Wildman–Crippen LogP) is 1.14. The van der Waals surface area contributed by atoms with Crippen molar-refractivity contribution in [3.05, 3.63) is 35.4 Å². The molecular formula is C16H18N2O2. The number of rotatable bonds is 2. The zero-order valence-corrected chi connectivity index (χ0v) is 11.7. The Hall–Kier alpha value is -2.12. The first-order chi connectivity index (χ1) is 9.54. The number of hydrogen-bond acceptors (Lipinski definition) is 3. The van der Waals surface area contributed by atoms with Crippen molar-refractivity contribution in [1.82, 2.24) is 4.90 Å². The highest BCUT2D eigenvalue weighted by atomic mass is 16.2. The Kier molecular flexibility index (Phi) is 4.21. The van der Waals surface area contributed by atoms with E-state index in [1.165, 1.54) is 4.90 Å². The molecule has 4 nitrogen and oxygen atoms in total. The largest absolute Gasteiger partial charge is 0.320 e. The van der Waals surface area contributed by atoms with Gasteiger partial charge < -0.3 is 5.73 Å². The summed E-state index contributed by atoms with van der Waals surface area (Å²) in [5.74, 6) is 5.07. The lowest BCUT2D eigenvalue weighted by Crippen LogP contribution is -2.30. The summed E-state index contributed by atoms with van der Waals surface area (Å²) in [6.07, 6.45) is 0. The van der Waals surface area contributed by atoms with Crippen LogP contribution in [0.15, 0.2) is 24.3 Å². The molecule has 20 heavy (non-hydrogen) atoms. The molecule has 2 rings (SSSR count). The van der Waals surface area contributed by atoms with Gasteiger partial charge in [-0.25, -0.2) is 0 Å². The minimum atomic E-state index is -0.234. The van der Waals surface area contributed by atoms with Gasteiger partial charge in [0.25, 0.3) is 0 Å². The Morgan fingerprint density at radius 2 is 1.85 bits per heavy atom. The van der Waals surface area contributed by atoms with Gasteiger partial charge in [-0.1, -0.05) is 37.8 Å². The first-order valence-corrected chi connectivity index (χ1v) is 6.67. The van der Waals surface area contributed by atoms with Crippen molar-refractivity contribution in [2.45, 2.75) is 20.4 Å². The van der Waals surface area contributed by atoms with Crippen LogP contribution in [-0.4, -0.2) is 23.3 Å². The standard InChI is InChI=1S/C16H18N2O2/c1-11-12(2)16(20)18(15(11)19)10-14-6-3-5-13(9-14)7-4-8-17/h3,5-6,9,11-12H,8,10,17H2,1-2H3. The Balaban J connectivity index is 2.18. The van der Waals surface area contributed by atoms with E-state index >= 15 is 0 Å². The van der Waals surface area contributed by atoms with Crippen LogP contribution in [0, 0.1) is 23.7 Å². The van der Waals surface area contributed by atoms with E-state index < -0.39 is 0 Å². The molecule has 104 valence electrons. The van der Waals surface area contributed by atoms with E-state index in [4.69, 9.17) is 5.73 Å². The molecule has 0 aliphatic carbocycles. The molecule has 0 aromatic heterocycles. The number of amides is 2. The number of hydrogen-bond donors (Lipinski definition) is 1. The second-order valence-electron chi connectivity index (χ2n) is 5.05. The van der Waals surface area contributed by atoms with Gasteiger partial charge in [0, 0.05) is 17.4 Å². The lowest BCUT2D eigenvalue weighted by Gasteiger charge is -2.14. The van der Waals surface area contributed by atoms with Gasteiger partial charge in [0.05, 0.1) is 13.1 Å². The Labute approximate surface area is 118 Å². The number of carbonyl (C=O) groups is 2. The number of carbonyl (C=O) groups excluding carboxylic acids is 2. The normalized spacial score (nSPS) is 21.9. The van der Waals surface area contributed by atoms with Crippen molar-refractivity contribution >= 4 is 11.8 Å². The maximum absolute atomic E-state index is 12.0. The molecule has 0 spiro atoms. The van der Waals surface area contributed by atoms with Crippen LogP contribution >= 0.6 is 0 Å². The zero-order valence-electron chi connectivity index (χ0n) is 11.7. The molecule has 2 atom stereocenters. The van der Waals surface area contributed by atoms with Crippen LogP contribution in [0.5, 0.6) is 0 Å². The zero-order chi connectivity index (χ0) is 14.7. The maximum Gasteiger partial charge on any atom is 0.233 e. The molecule has 2 unspecified atom stereocenters. The van der Waals surface area contributed by atoms with Gasteiger partial charge in [0.1, 0.15) is 0 Å². The van der Waals surface area contributed by atoms with Crippen LogP contribution in [0.25, 0.3) is 0 Å². The summed E-state index contributed by atoms with van der Waals surface area (Å²) in [6, 6.07) is 7.53. The van der Waals surface area contributed by atoms with Crippen molar-refractivity contribution in [3.8, 4) is 11.8 Å². The quantitative estimate of drug-likeness (QED) is 0.647. The van der Waals surface area contributed by atoms with Crippen molar-refractivity contribution in [2.75, 3.05) is 6.54 Å². The van der Waals surface area contributed by atoms with Gasteiger partial charge >= 0.3 is 0 Å². The van der Waals surface area contributed by atoms with E-state index in [-0.39, 0.29) is 23.7 Å². The van der Waals surface area contributed by atoms with Gasteiger partial charge in [-0.05, 0) is 17.7 Å². The molecule has 1 aromatic carbocycles. The summed E-state index contributed by atoms with van der Waals surface area (Å²) in [4.78, 5) is 25.4. The number of nitrogens with two attached hydrogens (primary N) is 1. The second kappa shape index (κ2) is 5.89. The van der Waals surface area contributed by atoms with Crippen molar-refractivity contribution < 1.29 is 9.59 Å². The van der Waals surface area contributed by atoms with Gasteiger partial charge in [0.15, 0.2) is 0 Å². The summed E-state index contributed by atoms with van der Waals surface area (Å²) < 4.78 is 0. The second-order valence-corrected chi connectivity index (χ2v) is 5.05. The molecule has 1 heterocycles. The third-order valence-corrected chi connectivity index (χ3v) is 3.66. The van der Waals surface area contributed by atoms with E-state index in [1.54, 1.807) is 13.8 Å². The smallest absolute Gasteiger partial charge is 0.233 e. The molecule has 2 amide bonds. The topological polar surface area (TPSA) is 63.4 Å². The van der Waals surface area contributed by atoms with Crippen LogP contribution in [-0.2, 0) is 16.1 Å². The lowest BCUT2D eigenvalue weighted by molar-refractivity contribution is -0.140. The maximum atomic E-state index is 12.0. The van der Waals surface area contributed by atoms with Crippen LogP contribution in [0.1, 0.15) is 25.0 Å². The van der Waals surface area contributed by atoms with Crippen molar-refractivity contribution in [3.63, 3.8) is 0 Å². The van der Waals surface area contributed by atoms with Crippen molar-refractivity contribution in [2.24, 2.45) is 17.6 Å². The van der Waals surface area contributed by atoms with Crippen molar-refractivity contribution in [1.29, 1.82) is 0 Å². The Morgan fingerprint density at radius 1 is 1.20 bits per heavy atom. The first kappa shape index (κ1) is 14.3. The van der Waals surface area contributed by atoms with Crippen LogP contribution in [0.2, 0.25) is 0 Å². The lowest BCUT2D eigenvalue weighted by atomic mass is 10.00. The summed E-state index contributed by atoms with van der Waals surface area (Å²) >= 11 is 0. The Bertz CT molecular complexity index is 578. The minimum Gasteiger partial charge on any atom is -0.320 e. The van der Waals surface area contributed by atoms with Crippen LogP contribution in [0.4, 0.5) is 0 Å². The van der Waals surface area contributed by atoms with Crippen LogP contribution in [0.3, 0.4) is 0 Å². The first-order valence-electron chi connectivity index (χ1n) is 6.67. The Morgan fingerprint density at radius 3 is 2.45 bits per heavy atom. The molecule has 1 aromatic rings. The molecule has 1 aliphatic rings. The molecule has 0 bridgehead atoms. The summed E-state index contributed by atoms with van der Waals surface area (Å²) in [5.41, 5.74) is 7.08. The number of imide groups is 1. The number of likely N-dealkylation sites (tertiary alicyclic amines) is 1. The molecule has 1 fully saturated rings. The molecule has 4 heteroatoms. The molecule has 2 N–H and O–H groups in total. The molecule has 1 aliphatic heterocycles. The monoisotopic (exact) mass is 270 g/mol. The minimum absolute atomic E-state index is 0.0963.